The monoisotopic (exact) mass is 523 g/mol. The van der Waals surface area contributed by atoms with Crippen molar-refractivity contribution in [1.29, 1.82) is 0 Å². The minimum Gasteiger partial charge on any atom is -0.369 e. The fraction of sp³-hybridized carbons (Fsp3) is 0.429. The predicted molar refractivity (Wildman–Crippen MR) is 141 cm³/mol. The van der Waals surface area contributed by atoms with Crippen molar-refractivity contribution in [3.63, 3.8) is 0 Å². The molecule has 1 aromatic heterocycles. The molecule has 1 aliphatic carbocycles. The van der Waals surface area contributed by atoms with Crippen LogP contribution < -0.4 is 11.1 Å². The Hall–Kier alpha value is -3.37. The van der Waals surface area contributed by atoms with E-state index in [1.54, 1.807) is 12.1 Å². The number of rotatable bonds is 11. The van der Waals surface area contributed by atoms with E-state index in [9.17, 15) is 13.2 Å². The molecule has 2 aliphatic rings. The van der Waals surface area contributed by atoms with Gasteiger partial charge in [-0.05, 0) is 63.1 Å². The molecule has 2 heterocycles. The maximum atomic E-state index is 13.5. The van der Waals surface area contributed by atoms with Crippen molar-refractivity contribution in [2.75, 3.05) is 38.5 Å². The van der Waals surface area contributed by atoms with E-state index in [-0.39, 0.29) is 5.56 Å². The third-order valence-corrected chi connectivity index (χ3v) is 7.06. The molecule has 0 fully saturated rings. The summed E-state index contributed by atoms with van der Waals surface area (Å²) in [6, 6.07) is 12.7. The molecule has 200 valence electrons. The number of alkyl halides is 3. The number of aromatic nitrogens is 2. The Bertz CT molecular complexity index is 1350. The molecular weight excluding hydrogens is 491 g/mol. The summed E-state index contributed by atoms with van der Waals surface area (Å²) in [4.78, 5) is 12.0. The molecule has 0 atom stereocenters. The fourth-order valence-corrected chi connectivity index (χ4v) is 5.02. The summed E-state index contributed by atoms with van der Waals surface area (Å²) >= 11 is 0. The normalized spacial score (nSPS) is 15.0. The molecule has 0 amide bonds. The summed E-state index contributed by atoms with van der Waals surface area (Å²) in [5.74, 6) is 1.34. The Morgan fingerprint density at radius 2 is 1.84 bits per heavy atom. The quantitative estimate of drug-likeness (QED) is 0.263. The summed E-state index contributed by atoms with van der Waals surface area (Å²) in [6.07, 6.45) is -1.65. The van der Waals surface area contributed by atoms with E-state index >= 15 is 0 Å². The number of halogens is 3. The van der Waals surface area contributed by atoms with Crippen molar-refractivity contribution in [1.82, 2.24) is 14.9 Å². The first-order valence-corrected chi connectivity index (χ1v) is 12.9. The molecule has 0 spiro atoms. The minimum absolute atomic E-state index is 0.0173. The van der Waals surface area contributed by atoms with Crippen LogP contribution in [0.15, 0.2) is 52.7 Å². The zero-order valence-corrected chi connectivity index (χ0v) is 21.6. The molecule has 0 saturated carbocycles. The third-order valence-electron chi connectivity index (χ3n) is 7.06. The third kappa shape index (κ3) is 5.28. The van der Waals surface area contributed by atoms with Crippen molar-refractivity contribution in [3.05, 3.63) is 76.2 Å². The number of nitrogens with two attached hydrogens (primary N) is 1. The van der Waals surface area contributed by atoms with Crippen LogP contribution in [0.5, 0.6) is 0 Å². The van der Waals surface area contributed by atoms with Gasteiger partial charge in [0.05, 0.1) is 5.69 Å². The Morgan fingerprint density at radius 1 is 1.05 bits per heavy atom. The van der Waals surface area contributed by atoms with Crippen LogP contribution in [-0.4, -0.2) is 54.3 Å². The number of nitrogens with one attached hydrogen (secondary N) is 1. The zero-order chi connectivity index (χ0) is 26.9. The van der Waals surface area contributed by atoms with E-state index in [2.05, 4.69) is 52.6 Å². The first-order valence-electron chi connectivity index (χ1n) is 12.9. The topological polar surface area (TPSA) is 91.8 Å². The zero-order valence-electron chi connectivity index (χ0n) is 21.6. The largest absolute Gasteiger partial charge is 0.442 e. The summed E-state index contributed by atoms with van der Waals surface area (Å²) in [5, 5.41) is 10.2. The van der Waals surface area contributed by atoms with Crippen molar-refractivity contribution >= 4 is 5.82 Å². The lowest BCUT2D eigenvalue weighted by atomic mass is 9.99. The van der Waals surface area contributed by atoms with E-state index in [1.807, 2.05) is 0 Å². The van der Waals surface area contributed by atoms with Gasteiger partial charge >= 0.3 is 11.8 Å². The summed E-state index contributed by atoms with van der Waals surface area (Å²) < 4.78 is 40.6. The second-order valence-corrected chi connectivity index (χ2v) is 10.1. The van der Waals surface area contributed by atoms with Crippen molar-refractivity contribution in [3.8, 4) is 11.1 Å². The van der Waals surface area contributed by atoms with E-state index in [0.29, 0.717) is 30.8 Å². The van der Waals surface area contributed by atoms with Gasteiger partial charge < -0.3 is 16.0 Å². The van der Waals surface area contributed by atoms with Gasteiger partial charge in [-0.3, -0.25) is 0 Å². The van der Waals surface area contributed by atoms with Gasteiger partial charge in [0.25, 0.3) is 0 Å². The van der Waals surface area contributed by atoms with Crippen LogP contribution in [0.4, 0.5) is 19.0 Å². The molecule has 7 nitrogen and oxygen atoms in total. The summed E-state index contributed by atoms with van der Waals surface area (Å²) in [5.41, 5.74) is 9.36. The highest BCUT2D eigenvalue weighted by molar-refractivity contribution is 5.84. The second kappa shape index (κ2) is 10.4. The van der Waals surface area contributed by atoms with Crippen LogP contribution in [-0.2, 0) is 18.5 Å². The van der Waals surface area contributed by atoms with Gasteiger partial charge in [-0.15, -0.1) is 10.2 Å². The number of aryl methyl sites for hydroxylation is 1. The lowest BCUT2D eigenvalue weighted by molar-refractivity contribution is -0.166. The molecule has 3 N–H and O–H groups in total. The minimum atomic E-state index is -4.56. The Labute approximate surface area is 220 Å². The molecule has 2 aromatic carbocycles. The van der Waals surface area contributed by atoms with Crippen molar-refractivity contribution in [2.24, 2.45) is 16.0 Å². The van der Waals surface area contributed by atoms with Crippen LogP contribution >= 0.6 is 0 Å². The number of fused-ring (bicyclic) bond motifs is 3. The van der Waals surface area contributed by atoms with Gasteiger partial charge in [0.2, 0.25) is 0 Å². The molecule has 3 aromatic rings. The smallest absolute Gasteiger partial charge is 0.369 e. The van der Waals surface area contributed by atoms with E-state index in [0.717, 1.165) is 55.1 Å². The average molecular weight is 524 g/mol. The number of benzene rings is 2. The molecule has 10 heteroatoms. The molecule has 0 radical (unpaired) electrons. The lowest BCUT2D eigenvalue weighted by Gasteiger charge is -2.17. The van der Waals surface area contributed by atoms with Crippen LogP contribution in [0.2, 0.25) is 0 Å². The highest BCUT2D eigenvalue weighted by atomic mass is 19.4. The molecule has 0 saturated heterocycles. The molecule has 5 rings (SSSR count). The van der Waals surface area contributed by atoms with Crippen LogP contribution in [0, 0.1) is 6.92 Å². The van der Waals surface area contributed by atoms with E-state index < -0.39 is 11.8 Å². The highest BCUT2D eigenvalue weighted by Crippen LogP contribution is 2.52. The van der Waals surface area contributed by atoms with Gasteiger partial charge in [0, 0.05) is 30.5 Å². The average Bonchev–Trinajstić information content (AvgIpc) is 3.62. The highest BCUT2D eigenvalue weighted by Gasteiger charge is 2.65. The Morgan fingerprint density at radius 3 is 2.58 bits per heavy atom. The second-order valence-electron chi connectivity index (χ2n) is 10.1. The number of anilines is 1. The standard InChI is InChI=1S/C28H32F3N7/c1-18-8-9-22-20(14-18)17-23-25(22)26(33-11-5-13-38(2)12-4-10-32)35-24(34-23)16-19-6-3-7-21(15-19)27(36-37-27)28(29,30)31/h3,6-9,14-15H,4-5,10-13,16-17,32H2,1-2H3,(H,33,34,35). The first kappa shape index (κ1) is 26.2. The number of hydrogen-bond acceptors (Lipinski definition) is 7. The molecule has 0 unspecified atom stereocenters. The molecular formula is C28H32F3N7. The molecule has 0 bridgehead atoms. The van der Waals surface area contributed by atoms with Crippen LogP contribution in [0.25, 0.3) is 11.1 Å². The van der Waals surface area contributed by atoms with Gasteiger partial charge in [-0.25, -0.2) is 9.97 Å². The summed E-state index contributed by atoms with van der Waals surface area (Å²) in [6.45, 7) is 5.39. The Balaban J connectivity index is 1.38. The maximum absolute atomic E-state index is 13.5. The number of nitrogens with zero attached hydrogens (tertiary/aromatic N) is 5. The SMILES string of the molecule is Cc1ccc2c(c1)Cc1nc(Cc3cccc(C4(C(F)(F)F)N=N4)c3)nc(NCCCN(C)CCCN)c1-2. The van der Waals surface area contributed by atoms with Gasteiger partial charge in [0.15, 0.2) is 0 Å². The lowest BCUT2D eigenvalue weighted by Crippen LogP contribution is -2.30. The molecule has 1 aliphatic heterocycles. The van der Waals surface area contributed by atoms with Crippen LogP contribution in [0.3, 0.4) is 0 Å². The van der Waals surface area contributed by atoms with Crippen LogP contribution in [0.1, 0.15) is 46.6 Å². The van der Waals surface area contributed by atoms with Gasteiger partial charge in [-0.1, -0.05) is 48.0 Å². The molecule has 38 heavy (non-hydrogen) atoms. The number of hydrogen-bond donors (Lipinski definition) is 2. The first-order chi connectivity index (χ1) is 18.2. The fourth-order valence-electron chi connectivity index (χ4n) is 5.02. The summed E-state index contributed by atoms with van der Waals surface area (Å²) in [7, 11) is 2.09. The van der Waals surface area contributed by atoms with E-state index in [1.165, 1.54) is 23.3 Å². The van der Waals surface area contributed by atoms with Crippen molar-refractivity contribution in [2.45, 2.75) is 44.4 Å². The van der Waals surface area contributed by atoms with E-state index in [4.69, 9.17) is 15.7 Å². The Kier molecular flexibility index (Phi) is 7.19. The van der Waals surface area contributed by atoms with Crippen molar-refractivity contribution < 1.29 is 13.2 Å². The predicted octanol–water partition coefficient (Wildman–Crippen LogP) is 5.21. The van der Waals surface area contributed by atoms with Gasteiger partial charge in [-0.2, -0.15) is 13.2 Å². The maximum Gasteiger partial charge on any atom is 0.442 e. The van der Waals surface area contributed by atoms with Gasteiger partial charge in [0.1, 0.15) is 11.6 Å².